The zero-order chi connectivity index (χ0) is 15.2. The van der Waals surface area contributed by atoms with Gasteiger partial charge in [0.25, 0.3) is 5.91 Å². The van der Waals surface area contributed by atoms with E-state index in [1.165, 1.54) is 0 Å². The molecule has 0 saturated carbocycles. The van der Waals surface area contributed by atoms with Crippen LogP contribution in [-0.2, 0) is 4.79 Å². The number of carbonyl (C=O) groups is 2. The summed E-state index contributed by atoms with van der Waals surface area (Å²) >= 11 is 0. The molecule has 1 fully saturated rings. The predicted octanol–water partition coefficient (Wildman–Crippen LogP) is 0.335. The third-order valence-electron chi connectivity index (χ3n) is 3.35. The first-order valence-corrected chi connectivity index (χ1v) is 6.85. The lowest BCUT2D eigenvalue weighted by molar-refractivity contribution is -0.133. The van der Waals surface area contributed by atoms with E-state index in [-0.39, 0.29) is 25.0 Å². The summed E-state index contributed by atoms with van der Waals surface area (Å²) in [4.78, 5) is 27.1. The summed E-state index contributed by atoms with van der Waals surface area (Å²) in [6.45, 7) is 1.29. The molecule has 5 heteroatoms. The van der Waals surface area contributed by atoms with Crippen molar-refractivity contribution in [2.75, 3.05) is 33.3 Å². The number of rotatable bonds is 2. The SMILES string of the molecule is CN1CCN(C(=O)c2ccc(C#CCCO)cc2)CC1=O. The van der Waals surface area contributed by atoms with Gasteiger partial charge in [-0.1, -0.05) is 11.8 Å². The average molecular weight is 286 g/mol. The van der Waals surface area contributed by atoms with E-state index in [4.69, 9.17) is 5.11 Å². The van der Waals surface area contributed by atoms with Crippen molar-refractivity contribution in [3.63, 3.8) is 0 Å². The maximum Gasteiger partial charge on any atom is 0.254 e. The smallest absolute Gasteiger partial charge is 0.254 e. The van der Waals surface area contributed by atoms with Crippen LogP contribution in [0.15, 0.2) is 24.3 Å². The molecule has 1 aromatic rings. The van der Waals surface area contributed by atoms with Crippen LogP contribution in [0.25, 0.3) is 0 Å². The minimum absolute atomic E-state index is 0.0407. The fourth-order valence-corrected chi connectivity index (χ4v) is 2.03. The standard InChI is InChI=1S/C16H18N2O3/c1-17-9-10-18(12-15(17)20)16(21)14-7-5-13(6-8-14)4-2-3-11-19/h5-8,19H,3,9-12H2,1H3. The van der Waals surface area contributed by atoms with Crippen molar-refractivity contribution in [2.45, 2.75) is 6.42 Å². The van der Waals surface area contributed by atoms with E-state index >= 15 is 0 Å². The summed E-state index contributed by atoms with van der Waals surface area (Å²) in [5, 5.41) is 8.66. The van der Waals surface area contributed by atoms with E-state index in [1.807, 2.05) is 0 Å². The molecule has 110 valence electrons. The molecule has 21 heavy (non-hydrogen) atoms. The van der Waals surface area contributed by atoms with E-state index in [2.05, 4.69) is 11.8 Å². The zero-order valence-corrected chi connectivity index (χ0v) is 12.0. The molecule has 1 heterocycles. The second-order valence-electron chi connectivity index (χ2n) is 4.89. The summed E-state index contributed by atoms with van der Waals surface area (Å²) < 4.78 is 0. The van der Waals surface area contributed by atoms with Gasteiger partial charge in [-0.25, -0.2) is 0 Å². The quantitative estimate of drug-likeness (QED) is 0.797. The molecule has 0 aliphatic carbocycles. The monoisotopic (exact) mass is 286 g/mol. The fourth-order valence-electron chi connectivity index (χ4n) is 2.03. The molecule has 1 N–H and O–H groups in total. The molecule has 0 atom stereocenters. The lowest BCUT2D eigenvalue weighted by Gasteiger charge is -2.32. The Balaban J connectivity index is 2.03. The Kier molecular flexibility index (Phi) is 4.96. The number of benzene rings is 1. The summed E-state index contributed by atoms with van der Waals surface area (Å²) in [7, 11) is 1.74. The Morgan fingerprint density at radius 3 is 2.62 bits per heavy atom. The van der Waals surface area contributed by atoms with Gasteiger partial charge in [0.05, 0.1) is 6.61 Å². The van der Waals surface area contributed by atoms with Crippen LogP contribution < -0.4 is 0 Å². The Hall–Kier alpha value is -2.32. The van der Waals surface area contributed by atoms with Crippen LogP contribution in [0.3, 0.4) is 0 Å². The van der Waals surface area contributed by atoms with Gasteiger partial charge in [-0.2, -0.15) is 0 Å². The summed E-state index contributed by atoms with van der Waals surface area (Å²) in [5.74, 6) is 5.56. The lowest BCUT2D eigenvalue weighted by atomic mass is 10.1. The first-order valence-electron chi connectivity index (χ1n) is 6.85. The average Bonchev–Trinajstić information content (AvgIpc) is 2.50. The van der Waals surface area contributed by atoms with Gasteiger partial charge in [-0.3, -0.25) is 9.59 Å². The fraction of sp³-hybridized carbons (Fsp3) is 0.375. The van der Waals surface area contributed by atoms with Crippen LogP contribution in [0.4, 0.5) is 0 Å². The van der Waals surface area contributed by atoms with Crippen molar-refractivity contribution in [1.29, 1.82) is 0 Å². The molecular weight excluding hydrogens is 268 g/mol. The third-order valence-corrected chi connectivity index (χ3v) is 3.35. The number of aliphatic hydroxyl groups excluding tert-OH is 1. The van der Waals surface area contributed by atoms with Crippen molar-refractivity contribution in [2.24, 2.45) is 0 Å². The molecule has 1 aromatic carbocycles. The Bertz CT molecular complexity index is 584. The van der Waals surface area contributed by atoms with Crippen molar-refractivity contribution in [3.05, 3.63) is 35.4 Å². The van der Waals surface area contributed by atoms with E-state index in [9.17, 15) is 9.59 Å². The lowest BCUT2D eigenvalue weighted by Crippen LogP contribution is -2.50. The van der Waals surface area contributed by atoms with E-state index < -0.39 is 0 Å². The van der Waals surface area contributed by atoms with Crippen molar-refractivity contribution < 1.29 is 14.7 Å². The first-order chi connectivity index (χ1) is 10.1. The highest BCUT2D eigenvalue weighted by molar-refractivity contribution is 5.97. The summed E-state index contributed by atoms with van der Waals surface area (Å²) in [5.41, 5.74) is 1.36. The van der Waals surface area contributed by atoms with Crippen LogP contribution in [-0.4, -0.2) is 60.0 Å². The number of hydrogen-bond donors (Lipinski definition) is 1. The van der Waals surface area contributed by atoms with E-state index in [0.29, 0.717) is 25.1 Å². The Morgan fingerprint density at radius 1 is 1.29 bits per heavy atom. The highest BCUT2D eigenvalue weighted by atomic mass is 16.2. The summed E-state index contributed by atoms with van der Waals surface area (Å²) in [6, 6.07) is 6.98. The molecule has 0 unspecified atom stereocenters. The van der Waals surface area contributed by atoms with Crippen LogP contribution in [0.5, 0.6) is 0 Å². The van der Waals surface area contributed by atoms with Crippen LogP contribution in [0, 0.1) is 11.8 Å². The largest absolute Gasteiger partial charge is 0.395 e. The van der Waals surface area contributed by atoms with Crippen molar-refractivity contribution in [1.82, 2.24) is 9.80 Å². The number of piperazine rings is 1. The number of amides is 2. The highest BCUT2D eigenvalue weighted by Crippen LogP contribution is 2.10. The van der Waals surface area contributed by atoms with Gasteiger partial charge >= 0.3 is 0 Å². The molecule has 5 nitrogen and oxygen atoms in total. The van der Waals surface area contributed by atoms with Gasteiger partial charge in [0, 0.05) is 37.7 Å². The van der Waals surface area contributed by atoms with E-state index in [0.717, 1.165) is 5.56 Å². The number of hydrogen-bond acceptors (Lipinski definition) is 3. The second kappa shape index (κ2) is 6.91. The maximum atomic E-state index is 12.3. The minimum Gasteiger partial charge on any atom is -0.395 e. The molecule has 0 aromatic heterocycles. The summed E-state index contributed by atoms with van der Waals surface area (Å²) in [6.07, 6.45) is 0.435. The van der Waals surface area contributed by atoms with E-state index in [1.54, 1.807) is 41.1 Å². The first kappa shape index (κ1) is 15.1. The van der Waals surface area contributed by atoms with Crippen LogP contribution in [0.2, 0.25) is 0 Å². The molecule has 2 rings (SSSR count). The van der Waals surface area contributed by atoms with Gasteiger partial charge < -0.3 is 14.9 Å². The second-order valence-corrected chi connectivity index (χ2v) is 4.89. The molecule has 0 bridgehead atoms. The minimum atomic E-state index is -0.133. The molecule has 0 spiro atoms. The zero-order valence-electron chi connectivity index (χ0n) is 12.0. The maximum absolute atomic E-state index is 12.3. The number of carbonyl (C=O) groups excluding carboxylic acids is 2. The topological polar surface area (TPSA) is 60.9 Å². The highest BCUT2D eigenvalue weighted by Gasteiger charge is 2.25. The normalized spacial score (nSPS) is 14.7. The predicted molar refractivity (Wildman–Crippen MR) is 78.6 cm³/mol. The third kappa shape index (κ3) is 3.83. The van der Waals surface area contributed by atoms with Gasteiger partial charge in [0.2, 0.25) is 5.91 Å². The van der Waals surface area contributed by atoms with Crippen molar-refractivity contribution >= 4 is 11.8 Å². The Labute approximate surface area is 124 Å². The van der Waals surface area contributed by atoms with Gasteiger partial charge in [0.15, 0.2) is 0 Å². The van der Waals surface area contributed by atoms with Crippen LogP contribution >= 0.6 is 0 Å². The number of likely N-dealkylation sites (N-methyl/N-ethyl adjacent to an activating group) is 1. The van der Waals surface area contributed by atoms with Crippen LogP contribution in [0.1, 0.15) is 22.3 Å². The Morgan fingerprint density at radius 2 is 2.00 bits per heavy atom. The number of aliphatic hydroxyl groups is 1. The molecule has 1 aliphatic rings. The molecule has 0 radical (unpaired) electrons. The number of nitrogens with zero attached hydrogens (tertiary/aromatic N) is 2. The van der Waals surface area contributed by atoms with Crippen molar-refractivity contribution in [3.8, 4) is 11.8 Å². The molecule has 1 aliphatic heterocycles. The van der Waals surface area contributed by atoms with Gasteiger partial charge in [-0.05, 0) is 24.3 Å². The molecular formula is C16H18N2O3. The van der Waals surface area contributed by atoms with Gasteiger partial charge in [0.1, 0.15) is 6.54 Å². The molecule has 2 amide bonds. The van der Waals surface area contributed by atoms with Gasteiger partial charge in [-0.15, -0.1) is 0 Å². The molecule has 1 saturated heterocycles.